The lowest BCUT2D eigenvalue weighted by atomic mass is 10.1. The number of esters is 1. The van der Waals surface area contributed by atoms with Crippen molar-refractivity contribution in [2.45, 2.75) is 37.2 Å². The highest BCUT2D eigenvalue weighted by atomic mass is 32.2. The Morgan fingerprint density at radius 1 is 1.03 bits per heavy atom. The summed E-state index contributed by atoms with van der Waals surface area (Å²) in [4.78, 5) is 24.7. The van der Waals surface area contributed by atoms with E-state index in [1.54, 1.807) is 18.2 Å². The second-order valence-electron chi connectivity index (χ2n) is 7.88. The summed E-state index contributed by atoms with van der Waals surface area (Å²) >= 11 is 0. The van der Waals surface area contributed by atoms with Crippen LogP contribution in [0, 0.1) is 0 Å². The summed E-state index contributed by atoms with van der Waals surface area (Å²) in [5.41, 5.74) is 0.344. The number of sulfonamides is 1. The molecule has 1 fully saturated rings. The van der Waals surface area contributed by atoms with E-state index in [1.807, 2.05) is 0 Å². The molecule has 3 aromatic rings. The number of rotatable bonds is 6. The van der Waals surface area contributed by atoms with E-state index in [-0.39, 0.29) is 17.1 Å². The molecular weight excluding hydrogens is 446 g/mol. The van der Waals surface area contributed by atoms with Gasteiger partial charge >= 0.3 is 11.6 Å². The normalized spacial score (nSPS) is 15.2. The Labute approximate surface area is 191 Å². The summed E-state index contributed by atoms with van der Waals surface area (Å²) in [6.07, 6.45) is 3.67. The number of carbonyl (C=O) groups is 1. The largest absolute Gasteiger partial charge is 0.497 e. The van der Waals surface area contributed by atoms with Gasteiger partial charge in [-0.3, -0.25) is 0 Å². The van der Waals surface area contributed by atoms with Gasteiger partial charge in [0.2, 0.25) is 10.0 Å². The predicted molar refractivity (Wildman–Crippen MR) is 122 cm³/mol. The number of hydrogen-bond acceptors (Lipinski definition) is 7. The van der Waals surface area contributed by atoms with E-state index < -0.39 is 21.6 Å². The number of hydrogen-bond donors (Lipinski definition) is 0. The van der Waals surface area contributed by atoms with Crippen molar-refractivity contribution in [1.29, 1.82) is 0 Å². The Kier molecular flexibility index (Phi) is 6.80. The number of carbonyl (C=O) groups excluding carboxylic acids is 1. The smallest absolute Gasteiger partial charge is 0.338 e. The molecule has 2 heterocycles. The van der Waals surface area contributed by atoms with Gasteiger partial charge in [0, 0.05) is 36.2 Å². The molecule has 0 amide bonds. The topological polar surface area (TPSA) is 103 Å². The Balaban J connectivity index is 1.54. The van der Waals surface area contributed by atoms with Crippen LogP contribution in [0.4, 0.5) is 0 Å². The molecule has 0 aliphatic carbocycles. The Morgan fingerprint density at radius 2 is 1.79 bits per heavy atom. The quantitative estimate of drug-likeness (QED) is 0.399. The number of ether oxygens (including phenoxy) is 2. The van der Waals surface area contributed by atoms with Crippen LogP contribution < -0.4 is 10.4 Å². The molecule has 1 aliphatic heterocycles. The van der Waals surface area contributed by atoms with Gasteiger partial charge in [0.05, 0.1) is 17.6 Å². The lowest BCUT2D eigenvalue weighted by Gasteiger charge is -2.20. The van der Waals surface area contributed by atoms with Crippen LogP contribution in [0.2, 0.25) is 0 Å². The molecule has 1 saturated heterocycles. The molecule has 0 bridgehead atoms. The summed E-state index contributed by atoms with van der Waals surface area (Å²) in [7, 11) is -2.18. The van der Waals surface area contributed by atoms with Crippen molar-refractivity contribution in [1.82, 2.24) is 4.31 Å². The molecule has 174 valence electrons. The van der Waals surface area contributed by atoms with Crippen LogP contribution in [0.15, 0.2) is 62.6 Å². The Hall–Kier alpha value is -3.17. The van der Waals surface area contributed by atoms with E-state index in [9.17, 15) is 18.0 Å². The third-order valence-electron chi connectivity index (χ3n) is 5.67. The number of nitrogens with zero attached hydrogens (tertiary/aromatic N) is 1. The first-order valence-electron chi connectivity index (χ1n) is 10.8. The minimum absolute atomic E-state index is 0.0664. The first kappa shape index (κ1) is 23.0. The SMILES string of the molecule is COc1ccc2c(COC(=O)c3cccc(S(=O)(=O)N4CCCCCC4)c3)cc(=O)oc2c1. The molecule has 8 nitrogen and oxygen atoms in total. The van der Waals surface area contributed by atoms with E-state index in [1.165, 1.54) is 41.7 Å². The van der Waals surface area contributed by atoms with Crippen molar-refractivity contribution in [2.24, 2.45) is 0 Å². The van der Waals surface area contributed by atoms with Crippen LogP contribution in [0.5, 0.6) is 5.75 Å². The minimum Gasteiger partial charge on any atom is -0.497 e. The Bertz CT molecular complexity index is 1320. The first-order chi connectivity index (χ1) is 15.9. The summed E-state index contributed by atoms with van der Waals surface area (Å²) in [6.45, 7) is 0.785. The maximum atomic E-state index is 13.0. The third kappa shape index (κ3) is 5.09. The van der Waals surface area contributed by atoms with Crippen molar-refractivity contribution >= 4 is 27.0 Å². The molecule has 4 rings (SSSR count). The molecule has 0 N–H and O–H groups in total. The van der Waals surface area contributed by atoms with Crippen LogP contribution >= 0.6 is 0 Å². The van der Waals surface area contributed by atoms with Gasteiger partial charge in [0.1, 0.15) is 17.9 Å². The van der Waals surface area contributed by atoms with Crippen LogP contribution in [-0.2, 0) is 21.4 Å². The monoisotopic (exact) mass is 471 g/mol. The molecule has 2 aromatic carbocycles. The first-order valence-corrected chi connectivity index (χ1v) is 12.2. The third-order valence-corrected chi connectivity index (χ3v) is 7.56. The van der Waals surface area contributed by atoms with Crippen molar-refractivity contribution in [3.63, 3.8) is 0 Å². The lowest BCUT2D eigenvalue weighted by Crippen LogP contribution is -2.32. The molecule has 0 atom stereocenters. The average molecular weight is 472 g/mol. The molecule has 0 unspecified atom stereocenters. The second kappa shape index (κ2) is 9.76. The molecule has 0 spiro atoms. The zero-order chi connectivity index (χ0) is 23.4. The maximum Gasteiger partial charge on any atom is 0.338 e. The van der Waals surface area contributed by atoms with E-state index >= 15 is 0 Å². The highest BCUT2D eigenvalue weighted by Crippen LogP contribution is 2.24. The van der Waals surface area contributed by atoms with Crippen LogP contribution in [0.3, 0.4) is 0 Å². The molecule has 33 heavy (non-hydrogen) atoms. The summed E-state index contributed by atoms with van der Waals surface area (Å²) in [6, 6.07) is 12.1. The zero-order valence-corrected chi connectivity index (χ0v) is 19.1. The Morgan fingerprint density at radius 3 is 2.52 bits per heavy atom. The summed E-state index contributed by atoms with van der Waals surface area (Å²) < 4.78 is 43.3. The van der Waals surface area contributed by atoms with Gasteiger partial charge in [-0.25, -0.2) is 18.0 Å². The number of benzene rings is 2. The summed E-state index contributed by atoms with van der Waals surface area (Å²) in [5, 5.41) is 0.612. The second-order valence-corrected chi connectivity index (χ2v) is 9.81. The van der Waals surface area contributed by atoms with Gasteiger partial charge in [-0.1, -0.05) is 18.9 Å². The van der Waals surface area contributed by atoms with Crippen LogP contribution in [-0.4, -0.2) is 38.9 Å². The van der Waals surface area contributed by atoms with Crippen molar-refractivity contribution in [3.8, 4) is 5.75 Å². The van der Waals surface area contributed by atoms with E-state index in [0.29, 0.717) is 35.4 Å². The lowest BCUT2D eigenvalue weighted by molar-refractivity contribution is 0.0473. The van der Waals surface area contributed by atoms with Crippen molar-refractivity contribution in [2.75, 3.05) is 20.2 Å². The minimum atomic E-state index is -3.69. The van der Waals surface area contributed by atoms with Crippen molar-refractivity contribution < 1.29 is 27.1 Å². The predicted octanol–water partition coefficient (Wildman–Crippen LogP) is 3.72. The number of methoxy groups -OCH3 is 1. The fourth-order valence-corrected chi connectivity index (χ4v) is 5.46. The van der Waals surface area contributed by atoms with E-state index in [2.05, 4.69) is 0 Å². The molecule has 0 saturated carbocycles. The zero-order valence-electron chi connectivity index (χ0n) is 18.3. The molecule has 0 radical (unpaired) electrons. The van der Waals surface area contributed by atoms with Gasteiger partial charge in [-0.15, -0.1) is 0 Å². The summed E-state index contributed by atoms with van der Waals surface area (Å²) in [5.74, 6) is -0.153. The maximum absolute atomic E-state index is 13.0. The van der Waals surface area contributed by atoms with E-state index in [0.717, 1.165) is 25.7 Å². The van der Waals surface area contributed by atoms with Gasteiger partial charge < -0.3 is 13.9 Å². The molecule has 1 aliphatic rings. The van der Waals surface area contributed by atoms with Gasteiger partial charge in [-0.2, -0.15) is 4.31 Å². The molecule has 9 heteroatoms. The molecular formula is C24H25NO7S. The fourth-order valence-electron chi connectivity index (χ4n) is 3.90. The fraction of sp³-hybridized carbons (Fsp3) is 0.333. The highest BCUT2D eigenvalue weighted by Gasteiger charge is 2.26. The standard InChI is InChI=1S/C24H25NO7S/c1-30-19-9-10-21-18(14-23(26)32-22(21)15-19)16-31-24(27)17-7-6-8-20(13-17)33(28,29)25-11-4-2-3-5-12-25/h6-10,13-15H,2-5,11-12,16H2,1H3. The van der Waals surface area contributed by atoms with Crippen LogP contribution in [0.25, 0.3) is 11.0 Å². The van der Waals surface area contributed by atoms with Gasteiger partial charge in [-0.05, 0) is 43.2 Å². The van der Waals surface area contributed by atoms with Gasteiger partial charge in [0.25, 0.3) is 0 Å². The van der Waals surface area contributed by atoms with E-state index in [4.69, 9.17) is 13.9 Å². The van der Waals surface area contributed by atoms with Crippen molar-refractivity contribution in [3.05, 3.63) is 70.1 Å². The number of fused-ring (bicyclic) bond motifs is 1. The molecule has 1 aromatic heterocycles. The average Bonchev–Trinajstić information content (AvgIpc) is 3.12. The highest BCUT2D eigenvalue weighted by molar-refractivity contribution is 7.89. The van der Waals surface area contributed by atoms with Gasteiger partial charge in [0.15, 0.2) is 0 Å². The van der Waals surface area contributed by atoms with Crippen LogP contribution in [0.1, 0.15) is 41.6 Å².